The Labute approximate surface area is 157 Å². The third-order valence-electron chi connectivity index (χ3n) is 6.16. The molecule has 0 bridgehead atoms. The SMILES string of the molecule is CN1CCN(Cc2cn(C)nc2-c2ccc(C3CCCCC3)cc2)CC1. The van der Waals surface area contributed by atoms with Crippen LogP contribution in [0.2, 0.25) is 0 Å². The van der Waals surface area contributed by atoms with E-state index in [0.717, 1.165) is 44.3 Å². The zero-order chi connectivity index (χ0) is 17.9. The van der Waals surface area contributed by atoms with Crippen LogP contribution in [0.15, 0.2) is 30.5 Å². The summed E-state index contributed by atoms with van der Waals surface area (Å²) < 4.78 is 1.97. The molecule has 0 unspecified atom stereocenters. The summed E-state index contributed by atoms with van der Waals surface area (Å²) in [7, 11) is 4.24. The third kappa shape index (κ3) is 4.02. The zero-order valence-electron chi connectivity index (χ0n) is 16.3. The van der Waals surface area contributed by atoms with Gasteiger partial charge in [0.05, 0.1) is 5.69 Å². The van der Waals surface area contributed by atoms with Gasteiger partial charge in [0.1, 0.15) is 0 Å². The molecule has 0 atom stereocenters. The predicted octanol–water partition coefficient (Wildman–Crippen LogP) is 3.88. The molecule has 0 amide bonds. The number of piperazine rings is 1. The number of aryl methyl sites for hydroxylation is 1. The Morgan fingerprint density at radius 3 is 2.31 bits per heavy atom. The highest BCUT2D eigenvalue weighted by Crippen LogP contribution is 2.34. The maximum atomic E-state index is 4.78. The van der Waals surface area contributed by atoms with Crippen LogP contribution in [0.5, 0.6) is 0 Å². The molecule has 1 aliphatic carbocycles. The summed E-state index contributed by atoms with van der Waals surface area (Å²) in [6.45, 7) is 5.61. The van der Waals surface area contributed by atoms with Gasteiger partial charge in [-0.2, -0.15) is 5.10 Å². The molecular formula is C22H32N4. The number of likely N-dealkylation sites (N-methyl/N-ethyl adjacent to an activating group) is 1. The quantitative estimate of drug-likeness (QED) is 0.834. The van der Waals surface area contributed by atoms with Crippen LogP contribution in [0.3, 0.4) is 0 Å². The van der Waals surface area contributed by atoms with Gasteiger partial charge < -0.3 is 4.90 Å². The van der Waals surface area contributed by atoms with Crippen molar-refractivity contribution in [2.24, 2.45) is 7.05 Å². The monoisotopic (exact) mass is 352 g/mol. The van der Waals surface area contributed by atoms with Crippen LogP contribution in [0.4, 0.5) is 0 Å². The Bertz CT molecular complexity index is 704. The van der Waals surface area contributed by atoms with Crippen molar-refractivity contribution >= 4 is 0 Å². The van der Waals surface area contributed by atoms with Crippen molar-refractivity contribution < 1.29 is 0 Å². The minimum absolute atomic E-state index is 0.770. The topological polar surface area (TPSA) is 24.3 Å². The van der Waals surface area contributed by atoms with Gasteiger partial charge in [-0.05, 0) is 31.4 Å². The van der Waals surface area contributed by atoms with Gasteiger partial charge in [-0.15, -0.1) is 0 Å². The van der Waals surface area contributed by atoms with Gasteiger partial charge in [-0.1, -0.05) is 43.5 Å². The van der Waals surface area contributed by atoms with Crippen LogP contribution in [-0.2, 0) is 13.6 Å². The lowest BCUT2D eigenvalue weighted by Gasteiger charge is -2.32. The van der Waals surface area contributed by atoms with E-state index in [1.54, 1.807) is 0 Å². The van der Waals surface area contributed by atoms with E-state index in [-0.39, 0.29) is 0 Å². The van der Waals surface area contributed by atoms with Crippen LogP contribution in [0.1, 0.15) is 49.1 Å². The fourth-order valence-electron chi connectivity index (χ4n) is 4.49. The first-order chi connectivity index (χ1) is 12.7. The van der Waals surface area contributed by atoms with E-state index in [9.17, 15) is 0 Å². The smallest absolute Gasteiger partial charge is 0.0968 e. The van der Waals surface area contributed by atoms with Gasteiger partial charge in [-0.25, -0.2) is 0 Å². The summed E-state index contributed by atoms with van der Waals surface area (Å²) >= 11 is 0. The lowest BCUT2D eigenvalue weighted by Crippen LogP contribution is -2.43. The lowest BCUT2D eigenvalue weighted by molar-refractivity contribution is 0.148. The van der Waals surface area contributed by atoms with Crippen molar-refractivity contribution in [1.29, 1.82) is 0 Å². The first kappa shape index (κ1) is 17.7. The largest absolute Gasteiger partial charge is 0.304 e. The molecule has 1 aromatic carbocycles. The number of hydrogen-bond acceptors (Lipinski definition) is 3. The average molecular weight is 353 g/mol. The fraction of sp³-hybridized carbons (Fsp3) is 0.591. The molecule has 2 fully saturated rings. The van der Waals surface area contributed by atoms with E-state index in [4.69, 9.17) is 5.10 Å². The van der Waals surface area contributed by atoms with E-state index in [0.29, 0.717) is 0 Å². The number of aromatic nitrogens is 2. The van der Waals surface area contributed by atoms with E-state index in [1.165, 1.54) is 48.8 Å². The number of rotatable bonds is 4. The second kappa shape index (κ2) is 7.93. The van der Waals surface area contributed by atoms with Crippen LogP contribution < -0.4 is 0 Å². The predicted molar refractivity (Wildman–Crippen MR) is 107 cm³/mol. The average Bonchev–Trinajstić information content (AvgIpc) is 3.05. The number of nitrogens with zero attached hydrogens (tertiary/aromatic N) is 4. The van der Waals surface area contributed by atoms with Crippen LogP contribution in [0.25, 0.3) is 11.3 Å². The fourth-order valence-corrected chi connectivity index (χ4v) is 4.49. The first-order valence-electron chi connectivity index (χ1n) is 10.2. The zero-order valence-corrected chi connectivity index (χ0v) is 16.3. The highest BCUT2D eigenvalue weighted by molar-refractivity contribution is 5.63. The van der Waals surface area contributed by atoms with Gasteiger partial charge in [0.15, 0.2) is 0 Å². The molecule has 4 rings (SSSR count). The summed E-state index contributed by atoms with van der Waals surface area (Å²) in [4.78, 5) is 4.96. The molecule has 4 heteroatoms. The maximum absolute atomic E-state index is 4.78. The summed E-state index contributed by atoms with van der Waals surface area (Å²) in [5, 5.41) is 4.78. The molecule has 1 saturated carbocycles. The Hall–Kier alpha value is -1.65. The molecule has 4 nitrogen and oxygen atoms in total. The van der Waals surface area contributed by atoms with Crippen LogP contribution >= 0.6 is 0 Å². The van der Waals surface area contributed by atoms with E-state index in [2.05, 4.69) is 47.3 Å². The molecule has 1 aromatic heterocycles. The van der Waals surface area contributed by atoms with Gasteiger partial charge >= 0.3 is 0 Å². The summed E-state index contributed by atoms with van der Waals surface area (Å²) in [6, 6.07) is 9.28. The molecular weight excluding hydrogens is 320 g/mol. The highest BCUT2D eigenvalue weighted by atomic mass is 15.3. The minimum atomic E-state index is 0.770. The molecule has 0 radical (unpaired) electrons. The summed E-state index contributed by atoms with van der Waals surface area (Å²) in [5.74, 6) is 0.770. The van der Waals surface area contributed by atoms with E-state index >= 15 is 0 Å². The Balaban J connectivity index is 1.50. The molecule has 0 N–H and O–H groups in total. The molecule has 140 valence electrons. The Morgan fingerprint density at radius 2 is 1.62 bits per heavy atom. The summed E-state index contributed by atoms with van der Waals surface area (Å²) in [6.07, 6.45) is 9.11. The molecule has 1 aliphatic heterocycles. The minimum Gasteiger partial charge on any atom is -0.304 e. The molecule has 1 saturated heterocycles. The van der Waals surface area contributed by atoms with Gasteiger partial charge in [0.25, 0.3) is 0 Å². The summed E-state index contributed by atoms with van der Waals surface area (Å²) in [5.41, 5.74) is 5.28. The molecule has 26 heavy (non-hydrogen) atoms. The van der Waals surface area contributed by atoms with Crippen molar-refractivity contribution in [1.82, 2.24) is 19.6 Å². The lowest BCUT2D eigenvalue weighted by atomic mass is 9.84. The number of benzene rings is 1. The van der Waals surface area contributed by atoms with E-state index in [1.807, 2.05) is 11.7 Å². The van der Waals surface area contributed by atoms with E-state index < -0.39 is 0 Å². The molecule has 2 aromatic rings. The Morgan fingerprint density at radius 1 is 0.923 bits per heavy atom. The first-order valence-corrected chi connectivity index (χ1v) is 10.2. The van der Waals surface area contributed by atoms with Crippen molar-refractivity contribution in [3.05, 3.63) is 41.6 Å². The second-order valence-corrected chi connectivity index (χ2v) is 8.21. The standard InChI is InChI=1S/C22H32N4/c1-24-12-14-26(15-13-24)17-21-16-25(2)23-22(21)20-10-8-19(9-11-20)18-6-4-3-5-7-18/h8-11,16,18H,3-7,12-15,17H2,1-2H3. The maximum Gasteiger partial charge on any atom is 0.0968 e. The Kier molecular flexibility index (Phi) is 5.41. The van der Waals surface area contributed by atoms with Crippen molar-refractivity contribution in [3.63, 3.8) is 0 Å². The third-order valence-corrected chi connectivity index (χ3v) is 6.16. The number of hydrogen-bond donors (Lipinski definition) is 0. The van der Waals surface area contributed by atoms with Crippen molar-refractivity contribution in [2.75, 3.05) is 33.2 Å². The second-order valence-electron chi connectivity index (χ2n) is 8.21. The van der Waals surface area contributed by atoms with Gasteiger partial charge in [0, 0.05) is 57.1 Å². The van der Waals surface area contributed by atoms with Crippen molar-refractivity contribution in [3.8, 4) is 11.3 Å². The van der Waals surface area contributed by atoms with Crippen molar-refractivity contribution in [2.45, 2.75) is 44.6 Å². The normalized spacial score (nSPS) is 20.5. The highest BCUT2D eigenvalue weighted by Gasteiger charge is 2.19. The molecule has 2 heterocycles. The van der Waals surface area contributed by atoms with Crippen LogP contribution in [0, 0.1) is 0 Å². The van der Waals surface area contributed by atoms with Gasteiger partial charge in [-0.3, -0.25) is 9.58 Å². The molecule has 0 spiro atoms. The van der Waals surface area contributed by atoms with Gasteiger partial charge in [0.2, 0.25) is 0 Å². The van der Waals surface area contributed by atoms with Crippen LogP contribution in [-0.4, -0.2) is 52.8 Å². The molecule has 2 aliphatic rings.